The fourth-order valence-electron chi connectivity index (χ4n) is 2.41. The van der Waals surface area contributed by atoms with Crippen LogP contribution in [0.4, 0.5) is 14.5 Å². The lowest BCUT2D eigenvalue weighted by Gasteiger charge is -2.18. The van der Waals surface area contributed by atoms with Crippen LogP contribution in [0.2, 0.25) is 0 Å². The Hall–Kier alpha value is -2.36. The molecule has 0 atom stereocenters. The Morgan fingerprint density at radius 3 is 2.45 bits per heavy atom. The third-order valence-electron chi connectivity index (χ3n) is 3.38. The van der Waals surface area contributed by atoms with E-state index in [0.29, 0.717) is 11.2 Å². The molecule has 0 aliphatic rings. The molecule has 0 saturated carbocycles. The van der Waals surface area contributed by atoms with Crippen LogP contribution in [0.5, 0.6) is 0 Å². The van der Waals surface area contributed by atoms with Crippen molar-refractivity contribution in [3.63, 3.8) is 0 Å². The SMILES string of the molecule is Nc1cccc2ccn(CC(F)(F)c3ccccc3)c12. The van der Waals surface area contributed by atoms with Crippen molar-refractivity contribution < 1.29 is 8.78 Å². The van der Waals surface area contributed by atoms with Crippen molar-refractivity contribution in [2.75, 3.05) is 5.73 Å². The van der Waals surface area contributed by atoms with Crippen molar-refractivity contribution in [2.45, 2.75) is 12.5 Å². The molecule has 0 unspecified atom stereocenters. The minimum Gasteiger partial charge on any atom is -0.397 e. The monoisotopic (exact) mass is 272 g/mol. The molecule has 20 heavy (non-hydrogen) atoms. The van der Waals surface area contributed by atoms with Gasteiger partial charge in [0.05, 0.1) is 17.7 Å². The second kappa shape index (κ2) is 4.63. The van der Waals surface area contributed by atoms with Crippen molar-refractivity contribution in [2.24, 2.45) is 0 Å². The predicted octanol–water partition coefficient (Wildman–Crippen LogP) is 4.02. The Bertz CT molecular complexity index is 733. The largest absolute Gasteiger partial charge is 0.397 e. The Balaban J connectivity index is 2.01. The number of para-hydroxylation sites is 1. The molecule has 2 aromatic carbocycles. The Kier molecular flexibility index (Phi) is 2.93. The predicted molar refractivity (Wildman–Crippen MR) is 76.7 cm³/mol. The van der Waals surface area contributed by atoms with Crippen LogP contribution in [-0.4, -0.2) is 4.57 Å². The van der Waals surface area contributed by atoms with Crippen LogP contribution in [0.3, 0.4) is 0 Å². The van der Waals surface area contributed by atoms with E-state index >= 15 is 0 Å². The van der Waals surface area contributed by atoms with Crippen LogP contribution in [0.15, 0.2) is 60.8 Å². The van der Waals surface area contributed by atoms with Gasteiger partial charge in [-0.3, -0.25) is 0 Å². The number of rotatable bonds is 3. The molecular weight excluding hydrogens is 258 g/mol. The Labute approximate surface area is 115 Å². The number of hydrogen-bond donors (Lipinski definition) is 1. The molecule has 0 bridgehead atoms. The van der Waals surface area contributed by atoms with E-state index in [-0.39, 0.29) is 5.56 Å². The van der Waals surface area contributed by atoms with E-state index < -0.39 is 12.5 Å². The fraction of sp³-hybridized carbons (Fsp3) is 0.125. The van der Waals surface area contributed by atoms with E-state index in [2.05, 4.69) is 0 Å². The summed E-state index contributed by atoms with van der Waals surface area (Å²) in [5.74, 6) is -2.94. The second-order valence-electron chi connectivity index (χ2n) is 4.80. The highest BCUT2D eigenvalue weighted by Crippen LogP contribution is 2.32. The lowest BCUT2D eigenvalue weighted by Crippen LogP contribution is -2.21. The number of alkyl halides is 2. The summed E-state index contributed by atoms with van der Waals surface area (Å²) in [5, 5.41) is 0.869. The molecule has 0 aliphatic heterocycles. The van der Waals surface area contributed by atoms with Crippen molar-refractivity contribution in [1.82, 2.24) is 4.57 Å². The molecule has 3 rings (SSSR count). The molecular formula is C16H14F2N2. The summed E-state index contributed by atoms with van der Waals surface area (Å²) in [6.45, 7) is -0.422. The van der Waals surface area contributed by atoms with Gasteiger partial charge >= 0.3 is 0 Å². The molecule has 0 radical (unpaired) electrons. The molecule has 0 aliphatic carbocycles. The zero-order valence-corrected chi connectivity index (χ0v) is 10.8. The first kappa shape index (κ1) is 12.7. The third kappa shape index (κ3) is 2.13. The standard InChI is InChI=1S/C16H14F2N2/c17-16(18,13-6-2-1-3-7-13)11-20-10-9-12-5-4-8-14(19)15(12)20/h1-10H,11,19H2. The summed E-state index contributed by atoms with van der Waals surface area (Å²) in [6, 6.07) is 15.0. The zero-order chi connectivity index (χ0) is 14.2. The van der Waals surface area contributed by atoms with Gasteiger partial charge in [0.25, 0.3) is 5.92 Å². The van der Waals surface area contributed by atoms with E-state index in [9.17, 15) is 8.78 Å². The van der Waals surface area contributed by atoms with E-state index in [1.54, 1.807) is 36.5 Å². The molecule has 0 saturated heterocycles. The molecule has 2 nitrogen and oxygen atoms in total. The topological polar surface area (TPSA) is 30.9 Å². The van der Waals surface area contributed by atoms with Crippen LogP contribution in [0.25, 0.3) is 10.9 Å². The summed E-state index contributed by atoms with van der Waals surface area (Å²) in [7, 11) is 0. The fourth-order valence-corrected chi connectivity index (χ4v) is 2.41. The number of fused-ring (bicyclic) bond motifs is 1. The molecule has 0 amide bonds. The molecule has 102 valence electrons. The molecule has 0 fully saturated rings. The van der Waals surface area contributed by atoms with Gasteiger partial charge in [-0.05, 0) is 12.1 Å². The van der Waals surface area contributed by atoms with Gasteiger partial charge in [-0.1, -0.05) is 42.5 Å². The summed E-state index contributed by atoms with van der Waals surface area (Å²) in [4.78, 5) is 0. The van der Waals surface area contributed by atoms with Gasteiger partial charge in [0, 0.05) is 17.1 Å². The van der Waals surface area contributed by atoms with Gasteiger partial charge in [-0.25, -0.2) is 0 Å². The Morgan fingerprint density at radius 1 is 0.950 bits per heavy atom. The highest BCUT2D eigenvalue weighted by Gasteiger charge is 2.32. The molecule has 4 heteroatoms. The highest BCUT2D eigenvalue weighted by atomic mass is 19.3. The zero-order valence-electron chi connectivity index (χ0n) is 10.8. The maximum absolute atomic E-state index is 14.3. The van der Waals surface area contributed by atoms with Crippen molar-refractivity contribution in [3.05, 3.63) is 66.4 Å². The molecule has 1 aromatic heterocycles. The lowest BCUT2D eigenvalue weighted by molar-refractivity contribution is -0.0210. The van der Waals surface area contributed by atoms with Gasteiger partial charge in [0.1, 0.15) is 0 Å². The minimum absolute atomic E-state index is 0.0105. The van der Waals surface area contributed by atoms with E-state index in [0.717, 1.165) is 5.39 Å². The minimum atomic E-state index is -2.94. The van der Waals surface area contributed by atoms with E-state index in [4.69, 9.17) is 5.73 Å². The number of nitrogens with zero attached hydrogens (tertiary/aromatic N) is 1. The van der Waals surface area contributed by atoms with Gasteiger partial charge in [0.15, 0.2) is 0 Å². The number of nitrogen functional groups attached to an aromatic ring is 1. The number of halogens is 2. The van der Waals surface area contributed by atoms with Gasteiger partial charge in [0.2, 0.25) is 0 Å². The molecule has 2 N–H and O–H groups in total. The van der Waals surface area contributed by atoms with Gasteiger partial charge in [-0.15, -0.1) is 0 Å². The van der Waals surface area contributed by atoms with Gasteiger partial charge in [-0.2, -0.15) is 8.78 Å². The van der Waals surface area contributed by atoms with E-state index in [1.807, 2.05) is 12.1 Å². The maximum Gasteiger partial charge on any atom is 0.290 e. The number of nitrogens with two attached hydrogens (primary N) is 1. The first-order valence-electron chi connectivity index (χ1n) is 6.34. The maximum atomic E-state index is 14.3. The first-order chi connectivity index (χ1) is 9.58. The summed E-state index contributed by atoms with van der Waals surface area (Å²) in [6.07, 6.45) is 1.65. The van der Waals surface area contributed by atoms with Crippen LogP contribution in [0, 0.1) is 0 Å². The molecule has 0 spiro atoms. The van der Waals surface area contributed by atoms with Crippen molar-refractivity contribution in [3.8, 4) is 0 Å². The molecule has 3 aromatic rings. The average Bonchev–Trinajstić information content (AvgIpc) is 2.84. The third-order valence-corrected chi connectivity index (χ3v) is 3.38. The number of benzene rings is 2. The lowest BCUT2D eigenvalue weighted by atomic mass is 10.1. The number of hydrogen-bond acceptors (Lipinski definition) is 1. The smallest absolute Gasteiger partial charge is 0.290 e. The summed E-state index contributed by atoms with van der Waals surface area (Å²) >= 11 is 0. The van der Waals surface area contributed by atoms with Crippen LogP contribution >= 0.6 is 0 Å². The first-order valence-corrected chi connectivity index (χ1v) is 6.34. The number of anilines is 1. The van der Waals surface area contributed by atoms with Crippen molar-refractivity contribution >= 4 is 16.6 Å². The van der Waals surface area contributed by atoms with E-state index in [1.165, 1.54) is 16.7 Å². The van der Waals surface area contributed by atoms with Gasteiger partial charge < -0.3 is 10.3 Å². The highest BCUT2D eigenvalue weighted by molar-refractivity contribution is 5.90. The van der Waals surface area contributed by atoms with Crippen LogP contribution < -0.4 is 5.73 Å². The quantitative estimate of drug-likeness (QED) is 0.717. The van der Waals surface area contributed by atoms with Crippen LogP contribution in [0.1, 0.15) is 5.56 Å². The Morgan fingerprint density at radius 2 is 1.70 bits per heavy atom. The summed E-state index contributed by atoms with van der Waals surface area (Å²) in [5.41, 5.74) is 7.07. The summed E-state index contributed by atoms with van der Waals surface area (Å²) < 4.78 is 30.1. The van der Waals surface area contributed by atoms with Crippen molar-refractivity contribution in [1.29, 1.82) is 0 Å². The normalized spacial score (nSPS) is 11.9. The number of aromatic nitrogens is 1. The van der Waals surface area contributed by atoms with Crippen LogP contribution in [-0.2, 0) is 12.5 Å². The average molecular weight is 272 g/mol. The second-order valence-corrected chi connectivity index (χ2v) is 4.80. The molecule has 1 heterocycles.